The number of aromatic nitrogens is 3. The Bertz CT molecular complexity index is 2340. The van der Waals surface area contributed by atoms with E-state index in [1.807, 2.05) is 38.3 Å². The maximum atomic E-state index is 14.7. The number of benzene rings is 1. The van der Waals surface area contributed by atoms with Crippen LogP contribution in [-0.4, -0.2) is 106 Å². The van der Waals surface area contributed by atoms with Crippen LogP contribution in [0.1, 0.15) is 82.9 Å². The van der Waals surface area contributed by atoms with Crippen molar-refractivity contribution >= 4 is 45.9 Å². The fraction of sp³-hybridized carbons (Fsp3) is 0.556. The van der Waals surface area contributed by atoms with Gasteiger partial charge in [0.25, 0.3) is 5.91 Å². The minimum Gasteiger partial charge on any atom is -0.464 e. The summed E-state index contributed by atoms with van der Waals surface area (Å²) < 4.78 is 34.1. The van der Waals surface area contributed by atoms with Gasteiger partial charge in [0.05, 0.1) is 54.7 Å². The van der Waals surface area contributed by atoms with Crippen LogP contribution in [0.5, 0.6) is 0 Å². The van der Waals surface area contributed by atoms with Crippen LogP contribution in [0.4, 0.5) is 4.39 Å². The molecule has 0 unspecified atom stereocenters. The number of esters is 1. The lowest BCUT2D eigenvalue weighted by molar-refractivity contribution is -0.156. The Morgan fingerprint density at radius 2 is 1.95 bits per heavy atom. The van der Waals surface area contributed by atoms with E-state index in [0.29, 0.717) is 43.1 Å². The maximum absolute atomic E-state index is 14.7. The largest absolute Gasteiger partial charge is 0.464 e. The predicted molar refractivity (Wildman–Crippen MR) is 231 cm³/mol. The number of halogens is 1. The third-order valence-electron chi connectivity index (χ3n) is 12.8. The van der Waals surface area contributed by atoms with Gasteiger partial charge in [-0.3, -0.25) is 34.6 Å². The lowest BCUT2D eigenvalue weighted by Gasteiger charge is -2.37. The van der Waals surface area contributed by atoms with Crippen LogP contribution in [0.25, 0.3) is 33.4 Å². The van der Waals surface area contributed by atoms with Crippen molar-refractivity contribution in [2.75, 3.05) is 40.0 Å². The number of ether oxygens (including phenoxy) is 3. The van der Waals surface area contributed by atoms with Gasteiger partial charge in [0.15, 0.2) is 0 Å². The molecule has 4 aliphatic rings. The zero-order valence-electron chi connectivity index (χ0n) is 36.4. The summed E-state index contributed by atoms with van der Waals surface area (Å²) in [5, 5.41) is 4.87. The molecule has 0 spiro atoms. The number of nitrogens with one attached hydrogen (secondary N) is 3. The lowest BCUT2D eigenvalue weighted by Crippen LogP contribution is -2.62. The molecule has 1 saturated carbocycles. The normalized spacial score (nSPS) is 25.8. The van der Waals surface area contributed by atoms with Crippen LogP contribution in [-0.2, 0) is 46.4 Å². The number of hydrogen-bond donors (Lipinski definition) is 3. The second kappa shape index (κ2) is 17.8. The summed E-state index contributed by atoms with van der Waals surface area (Å²) in [7, 11) is 1.68. The van der Waals surface area contributed by atoms with E-state index in [1.165, 1.54) is 21.2 Å². The highest BCUT2D eigenvalue weighted by Crippen LogP contribution is 2.48. The number of fused-ring (bicyclic) bond motifs is 6. The molecule has 62 heavy (non-hydrogen) atoms. The Kier molecular flexibility index (Phi) is 12.5. The number of alkyl halides is 1. The van der Waals surface area contributed by atoms with Crippen molar-refractivity contribution in [1.82, 2.24) is 40.7 Å². The average Bonchev–Trinajstić information content (AvgIpc) is 3.55. The highest BCUT2D eigenvalue weighted by Gasteiger charge is 2.58. The predicted octanol–water partition coefficient (Wildman–Crippen LogP) is 5.30. The van der Waals surface area contributed by atoms with Crippen LogP contribution < -0.4 is 16.3 Å². The van der Waals surface area contributed by atoms with Gasteiger partial charge >= 0.3 is 5.97 Å². The van der Waals surface area contributed by atoms with Gasteiger partial charge in [-0.2, -0.15) is 0 Å². The van der Waals surface area contributed by atoms with Crippen LogP contribution >= 0.6 is 11.3 Å². The molecule has 2 saturated heterocycles. The number of pyridine rings is 1. The van der Waals surface area contributed by atoms with Crippen molar-refractivity contribution in [1.29, 1.82) is 0 Å². The molecular weight excluding hydrogens is 816 g/mol. The summed E-state index contributed by atoms with van der Waals surface area (Å²) in [4.78, 5) is 66.5. The molecule has 4 aromatic rings. The summed E-state index contributed by atoms with van der Waals surface area (Å²) in [5.74, 6) is -3.10. The molecule has 3 amide bonds. The quantitative estimate of drug-likeness (QED) is 0.140. The van der Waals surface area contributed by atoms with Crippen molar-refractivity contribution < 1.29 is 37.8 Å². The number of aryl methyl sites for hydroxylation is 1. The Balaban J connectivity index is 1.19. The smallest absolute Gasteiger partial charge is 0.324 e. The van der Waals surface area contributed by atoms with Crippen molar-refractivity contribution in [3.8, 4) is 22.5 Å². The van der Waals surface area contributed by atoms with E-state index in [1.54, 1.807) is 13.3 Å². The van der Waals surface area contributed by atoms with E-state index in [-0.39, 0.29) is 44.2 Å². The SMILES string of the molecule is CCO[C@@H]1c2nc(cs2)-c2ccc3c(c2)c(c(-c2cccnc2[C@H](C)OC)n3CC)CC(C)(C)COC(=O)[C@@H]2CCCN(N2)C(=O)[C@H]1NNC(=O)[C@@H]1[C@@H](C)[C@H]1C(=O)N1CC(F)C1. The first-order valence-electron chi connectivity index (χ1n) is 21.7. The number of cyclic esters (lactones) is 1. The van der Waals surface area contributed by atoms with Crippen molar-refractivity contribution in [3.63, 3.8) is 0 Å². The number of likely N-dealkylation sites (tertiary alicyclic amines) is 1. The zero-order chi connectivity index (χ0) is 44.0. The minimum atomic E-state index is -1.19. The Labute approximate surface area is 365 Å². The molecule has 3 aliphatic heterocycles. The van der Waals surface area contributed by atoms with Gasteiger partial charge in [0.1, 0.15) is 29.4 Å². The summed E-state index contributed by atoms with van der Waals surface area (Å²) in [6.07, 6.45) is 1.06. The topological polar surface area (TPSA) is 169 Å². The molecule has 1 aromatic carbocycles. The second-order valence-corrected chi connectivity index (χ2v) is 18.6. The summed E-state index contributed by atoms with van der Waals surface area (Å²) in [6, 6.07) is 8.35. The summed E-state index contributed by atoms with van der Waals surface area (Å²) in [6.45, 7) is 13.3. The molecule has 7 atom stereocenters. The molecule has 6 heterocycles. The van der Waals surface area contributed by atoms with Gasteiger partial charge in [-0.15, -0.1) is 11.3 Å². The van der Waals surface area contributed by atoms with Crippen LogP contribution in [0.2, 0.25) is 0 Å². The number of amides is 3. The number of hydrogen-bond acceptors (Lipinski definition) is 12. The van der Waals surface area contributed by atoms with Gasteiger partial charge < -0.3 is 23.7 Å². The van der Waals surface area contributed by atoms with E-state index in [4.69, 9.17) is 24.2 Å². The summed E-state index contributed by atoms with van der Waals surface area (Å²) in [5.41, 5.74) is 14.8. The number of methoxy groups -OCH3 is 1. The molecule has 3 fully saturated rings. The molecular formula is C45H57FN8O7S. The molecule has 1 aliphatic carbocycles. The first kappa shape index (κ1) is 43.8. The van der Waals surface area contributed by atoms with Gasteiger partial charge in [-0.1, -0.05) is 26.8 Å². The zero-order valence-corrected chi connectivity index (χ0v) is 37.2. The van der Waals surface area contributed by atoms with Crippen molar-refractivity contribution in [3.05, 3.63) is 58.2 Å². The monoisotopic (exact) mass is 872 g/mol. The number of carbonyl (C=O) groups is 4. The molecule has 8 rings (SSSR count). The first-order valence-corrected chi connectivity index (χ1v) is 22.6. The van der Waals surface area contributed by atoms with E-state index < -0.39 is 59.4 Å². The molecule has 15 nitrogen and oxygen atoms in total. The van der Waals surface area contributed by atoms with Gasteiger partial charge in [0.2, 0.25) is 11.8 Å². The standard InChI is InChI=1S/C45H57FN8O7S/c1-8-53-33-15-14-26-18-29(33)30(38(53)28-12-10-16-47-36(28)25(4)59-7)19-45(5,6)23-61-44(58)31-13-11-17-54(51-31)43(57)37(39(60-9-2)41-48-32(26)22-62-41)49-50-40(55)34-24(3)35(34)42(56)52-20-27(46)21-52/h10,12,14-16,18,22,24-25,27,31,34-35,37,39,49,51H,8-9,11,13,17,19-21,23H2,1-7H3,(H,50,55)/t24-,25+,31+,34-,35-,37+,39+/m1/s1. The minimum absolute atomic E-state index is 0.0359. The first-order chi connectivity index (χ1) is 29.7. The van der Waals surface area contributed by atoms with Crippen LogP contribution in [0.3, 0.4) is 0 Å². The summed E-state index contributed by atoms with van der Waals surface area (Å²) >= 11 is 1.34. The maximum Gasteiger partial charge on any atom is 0.324 e. The molecule has 332 valence electrons. The van der Waals surface area contributed by atoms with E-state index >= 15 is 0 Å². The Morgan fingerprint density at radius 1 is 1.16 bits per heavy atom. The van der Waals surface area contributed by atoms with Crippen molar-refractivity contribution in [2.45, 2.75) is 97.8 Å². The van der Waals surface area contributed by atoms with Crippen LogP contribution in [0.15, 0.2) is 41.9 Å². The van der Waals surface area contributed by atoms with Gasteiger partial charge in [-0.05, 0) is 75.8 Å². The highest BCUT2D eigenvalue weighted by atomic mass is 32.1. The molecule has 17 heteroatoms. The number of hydrazine groups is 2. The molecule has 3 N–H and O–H groups in total. The number of carbonyl (C=O) groups excluding carboxylic acids is 4. The Hall–Kier alpha value is -4.81. The lowest BCUT2D eigenvalue weighted by atomic mass is 9.84. The average molecular weight is 873 g/mol. The third kappa shape index (κ3) is 8.37. The second-order valence-electron chi connectivity index (χ2n) is 17.7. The number of nitrogens with zero attached hydrogens (tertiary/aromatic N) is 5. The Morgan fingerprint density at radius 3 is 2.68 bits per heavy atom. The van der Waals surface area contributed by atoms with Crippen molar-refractivity contribution in [2.24, 2.45) is 23.2 Å². The molecule has 6 bridgehead atoms. The molecule has 0 radical (unpaired) electrons. The van der Waals surface area contributed by atoms with Gasteiger partial charge in [0, 0.05) is 65.8 Å². The van der Waals surface area contributed by atoms with E-state index in [9.17, 15) is 23.6 Å². The van der Waals surface area contributed by atoms with E-state index in [0.717, 1.165) is 39.0 Å². The third-order valence-corrected chi connectivity index (χ3v) is 13.7. The number of rotatable bonds is 10. The fourth-order valence-electron chi connectivity index (χ4n) is 9.23. The number of thiazole rings is 1. The molecule has 3 aromatic heterocycles. The fourth-order valence-corrected chi connectivity index (χ4v) is 10.1. The highest BCUT2D eigenvalue weighted by molar-refractivity contribution is 7.10. The van der Waals surface area contributed by atoms with Gasteiger partial charge in [-0.25, -0.2) is 20.2 Å². The van der Waals surface area contributed by atoms with E-state index in [2.05, 4.69) is 59.8 Å². The van der Waals surface area contributed by atoms with Crippen LogP contribution in [0, 0.1) is 23.2 Å².